The molecule has 2 N–H and O–H groups in total. The number of anilines is 1. The third-order valence-corrected chi connectivity index (χ3v) is 7.38. The van der Waals surface area contributed by atoms with Crippen LogP contribution in [0.15, 0.2) is 59.5 Å². The molecule has 10 heteroatoms. The average molecular weight is 477 g/mol. The van der Waals surface area contributed by atoms with E-state index in [-0.39, 0.29) is 36.4 Å². The third kappa shape index (κ3) is 6.29. The zero-order valence-electron chi connectivity index (χ0n) is 18.7. The average Bonchev–Trinajstić information content (AvgIpc) is 3.05. The summed E-state index contributed by atoms with van der Waals surface area (Å²) in [6, 6.07) is 12.4. The zero-order chi connectivity index (χ0) is 24.0. The Morgan fingerprint density at radius 2 is 1.61 bits per heavy atom. The van der Waals surface area contributed by atoms with Gasteiger partial charge in [-0.3, -0.25) is 4.79 Å². The number of hydrogen-bond acceptors (Lipinski definition) is 4. The Morgan fingerprint density at radius 3 is 2.24 bits per heavy atom. The quantitative estimate of drug-likeness (QED) is 0.670. The number of carbonyl (C=O) groups is 2. The summed E-state index contributed by atoms with van der Waals surface area (Å²) < 4.78 is 40.3. The van der Waals surface area contributed by atoms with Gasteiger partial charge in [0.15, 0.2) is 0 Å². The van der Waals surface area contributed by atoms with Gasteiger partial charge in [0.2, 0.25) is 15.9 Å². The molecule has 0 radical (unpaired) electrons. The molecule has 1 aliphatic heterocycles. The Bertz CT molecular complexity index is 1060. The van der Waals surface area contributed by atoms with Gasteiger partial charge >= 0.3 is 6.03 Å². The second-order valence-corrected chi connectivity index (χ2v) is 10.2. The lowest BCUT2D eigenvalue weighted by atomic mass is 10.0. The van der Waals surface area contributed by atoms with E-state index in [1.54, 1.807) is 29.2 Å². The topological polar surface area (TPSA) is 98.8 Å². The van der Waals surface area contributed by atoms with Gasteiger partial charge in [-0.1, -0.05) is 32.0 Å². The Labute approximate surface area is 193 Å². The fraction of sp³-hybridized carbons (Fsp3) is 0.391. The normalized spacial score (nSPS) is 16.2. The van der Waals surface area contributed by atoms with Crippen molar-refractivity contribution in [1.29, 1.82) is 0 Å². The summed E-state index contributed by atoms with van der Waals surface area (Å²) >= 11 is 0. The van der Waals surface area contributed by atoms with E-state index in [1.807, 2.05) is 19.9 Å². The van der Waals surface area contributed by atoms with Crippen LogP contribution in [0, 0.1) is 11.7 Å². The molecule has 0 bridgehead atoms. The first-order valence-corrected chi connectivity index (χ1v) is 12.3. The van der Waals surface area contributed by atoms with E-state index in [4.69, 9.17) is 0 Å². The Hall–Kier alpha value is -2.98. The van der Waals surface area contributed by atoms with Crippen molar-refractivity contribution < 1.29 is 22.4 Å². The fourth-order valence-electron chi connectivity index (χ4n) is 3.65. The molecule has 1 saturated heterocycles. The number of para-hydroxylation sites is 1. The highest BCUT2D eigenvalue weighted by molar-refractivity contribution is 7.89. The molecule has 8 nitrogen and oxygen atoms in total. The molecule has 2 aromatic rings. The van der Waals surface area contributed by atoms with Crippen molar-refractivity contribution in [2.75, 3.05) is 31.5 Å². The van der Waals surface area contributed by atoms with Gasteiger partial charge in [0.1, 0.15) is 11.9 Å². The van der Waals surface area contributed by atoms with Gasteiger partial charge in [-0.05, 0) is 48.7 Å². The monoisotopic (exact) mass is 476 g/mol. The van der Waals surface area contributed by atoms with E-state index >= 15 is 0 Å². The van der Waals surface area contributed by atoms with Crippen LogP contribution in [-0.4, -0.2) is 61.8 Å². The van der Waals surface area contributed by atoms with Gasteiger partial charge in [-0.15, -0.1) is 0 Å². The van der Waals surface area contributed by atoms with Crippen molar-refractivity contribution in [3.8, 4) is 0 Å². The summed E-state index contributed by atoms with van der Waals surface area (Å²) in [5.74, 6) is -0.930. The van der Waals surface area contributed by atoms with E-state index in [2.05, 4.69) is 10.6 Å². The number of nitrogens with zero attached hydrogens (tertiary/aromatic N) is 2. The molecule has 1 atom stereocenters. The largest absolute Gasteiger partial charge is 0.340 e. The molecule has 3 rings (SSSR count). The van der Waals surface area contributed by atoms with Crippen LogP contribution in [0.5, 0.6) is 0 Å². The number of amides is 3. The van der Waals surface area contributed by atoms with Crippen LogP contribution in [0.25, 0.3) is 0 Å². The van der Waals surface area contributed by atoms with Gasteiger partial charge in [0.25, 0.3) is 0 Å². The van der Waals surface area contributed by atoms with Gasteiger partial charge in [0, 0.05) is 31.9 Å². The number of rotatable bonds is 6. The standard InChI is InChI=1S/C23H29FN4O4S/c1-17(2)21(26-23(30)25-19-7-4-3-5-8-19)22(29)27-13-6-14-28(16-15-27)33(31,32)20-11-9-18(24)10-12-20/h3-5,7-12,17,21H,6,13-16H2,1-2H3,(H2,25,26,30). The lowest BCUT2D eigenvalue weighted by molar-refractivity contribution is -0.134. The van der Waals surface area contributed by atoms with Gasteiger partial charge < -0.3 is 15.5 Å². The molecule has 1 aliphatic rings. The summed E-state index contributed by atoms with van der Waals surface area (Å²) in [5, 5.41) is 5.46. The summed E-state index contributed by atoms with van der Waals surface area (Å²) in [6.07, 6.45) is 0.452. The van der Waals surface area contributed by atoms with Crippen molar-refractivity contribution in [3.05, 3.63) is 60.4 Å². The number of carbonyl (C=O) groups excluding carboxylic acids is 2. The number of halogens is 1. The minimum absolute atomic E-state index is 0.0167. The first-order chi connectivity index (χ1) is 15.7. The molecule has 178 valence electrons. The maximum atomic E-state index is 13.2. The van der Waals surface area contributed by atoms with E-state index in [0.717, 1.165) is 12.1 Å². The summed E-state index contributed by atoms with van der Waals surface area (Å²) in [6.45, 7) is 4.62. The predicted molar refractivity (Wildman–Crippen MR) is 124 cm³/mol. The second-order valence-electron chi connectivity index (χ2n) is 8.22. The minimum Gasteiger partial charge on any atom is -0.340 e. The predicted octanol–water partition coefficient (Wildman–Crippen LogP) is 2.90. The SMILES string of the molecule is CC(C)C(NC(=O)Nc1ccccc1)C(=O)N1CCCN(S(=O)(=O)c2ccc(F)cc2)CC1. The maximum absolute atomic E-state index is 13.2. The van der Waals surface area contributed by atoms with Crippen LogP contribution in [0.4, 0.5) is 14.9 Å². The second kappa shape index (κ2) is 10.8. The van der Waals surface area contributed by atoms with Crippen molar-refractivity contribution in [2.24, 2.45) is 5.92 Å². The molecule has 0 saturated carbocycles. The summed E-state index contributed by atoms with van der Waals surface area (Å²) in [7, 11) is -3.79. The molecule has 0 spiro atoms. The minimum atomic E-state index is -3.79. The Morgan fingerprint density at radius 1 is 0.939 bits per heavy atom. The highest BCUT2D eigenvalue weighted by Crippen LogP contribution is 2.19. The highest BCUT2D eigenvalue weighted by Gasteiger charge is 2.32. The van der Waals surface area contributed by atoms with Crippen LogP contribution < -0.4 is 10.6 Å². The Kier molecular flexibility index (Phi) is 8.04. The van der Waals surface area contributed by atoms with Crippen molar-refractivity contribution in [2.45, 2.75) is 31.2 Å². The third-order valence-electron chi connectivity index (χ3n) is 5.47. The van der Waals surface area contributed by atoms with Crippen LogP contribution >= 0.6 is 0 Å². The van der Waals surface area contributed by atoms with E-state index in [9.17, 15) is 22.4 Å². The molecule has 1 heterocycles. The highest BCUT2D eigenvalue weighted by atomic mass is 32.2. The number of benzene rings is 2. The van der Waals surface area contributed by atoms with Crippen molar-refractivity contribution in [3.63, 3.8) is 0 Å². The number of sulfonamides is 1. The van der Waals surface area contributed by atoms with Gasteiger partial charge in [0.05, 0.1) is 4.90 Å². The summed E-state index contributed by atoms with van der Waals surface area (Å²) in [5.41, 5.74) is 0.612. The molecule has 0 aliphatic carbocycles. The number of nitrogens with one attached hydrogen (secondary N) is 2. The zero-order valence-corrected chi connectivity index (χ0v) is 19.5. The molecule has 3 amide bonds. The molecule has 33 heavy (non-hydrogen) atoms. The molecular formula is C23H29FN4O4S. The smallest absolute Gasteiger partial charge is 0.319 e. The maximum Gasteiger partial charge on any atom is 0.319 e. The lowest BCUT2D eigenvalue weighted by Gasteiger charge is -2.29. The first kappa shape index (κ1) is 24.7. The van der Waals surface area contributed by atoms with Gasteiger partial charge in [-0.25, -0.2) is 17.6 Å². The molecule has 2 aromatic carbocycles. The fourth-order valence-corrected chi connectivity index (χ4v) is 5.12. The van der Waals surface area contributed by atoms with Crippen molar-refractivity contribution in [1.82, 2.24) is 14.5 Å². The molecule has 0 aromatic heterocycles. The number of urea groups is 1. The molecule has 1 unspecified atom stereocenters. The van der Waals surface area contributed by atoms with E-state index in [1.165, 1.54) is 16.4 Å². The van der Waals surface area contributed by atoms with Crippen LogP contribution in [0.2, 0.25) is 0 Å². The van der Waals surface area contributed by atoms with Crippen LogP contribution in [0.3, 0.4) is 0 Å². The van der Waals surface area contributed by atoms with Gasteiger partial charge in [-0.2, -0.15) is 4.31 Å². The number of hydrogen-bond donors (Lipinski definition) is 2. The van der Waals surface area contributed by atoms with Crippen LogP contribution in [-0.2, 0) is 14.8 Å². The summed E-state index contributed by atoms with van der Waals surface area (Å²) in [4.78, 5) is 27.3. The Balaban J connectivity index is 1.65. The molecular weight excluding hydrogens is 447 g/mol. The van der Waals surface area contributed by atoms with Crippen LogP contribution in [0.1, 0.15) is 20.3 Å². The van der Waals surface area contributed by atoms with E-state index in [0.29, 0.717) is 18.7 Å². The first-order valence-electron chi connectivity index (χ1n) is 10.9. The molecule has 1 fully saturated rings. The lowest BCUT2D eigenvalue weighted by Crippen LogP contribution is -2.53. The van der Waals surface area contributed by atoms with E-state index < -0.39 is 27.9 Å². The van der Waals surface area contributed by atoms with Crippen molar-refractivity contribution >= 4 is 27.6 Å².